The van der Waals surface area contributed by atoms with Crippen molar-refractivity contribution in [3.8, 4) is 5.75 Å². The van der Waals surface area contributed by atoms with Crippen molar-refractivity contribution in [3.05, 3.63) is 59.7 Å². The smallest absolute Gasteiger partial charge is 0.226 e. The lowest BCUT2D eigenvalue weighted by Crippen LogP contribution is -2.38. The van der Waals surface area contributed by atoms with E-state index in [9.17, 15) is 4.79 Å². The Morgan fingerprint density at radius 1 is 1.18 bits per heavy atom. The van der Waals surface area contributed by atoms with Crippen LogP contribution in [-0.4, -0.2) is 19.1 Å². The zero-order valence-electron chi connectivity index (χ0n) is 12.4. The summed E-state index contributed by atoms with van der Waals surface area (Å²) < 4.78 is 5.66. The van der Waals surface area contributed by atoms with Gasteiger partial charge in [-0.3, -0.25) is 4.79 Å². The van der Waals surface area contributed by atoms with Crippen LogP contribution in [0.15, 0.2) is 48.5 Å². The SMILES string of the molecule is Nc1ccc(CCNC(=O)C2COc3ccccc3C2)cc1. The Kier molecular flexibility index (Phi) is 4.28. The molecule has 114 valence electrons. The van der Waals surface area contributed by atoms with Gasteiger partial charge < -0.3 is 15.8 Å². The molecule has 2 aromatic rings. The predicted molar refractivity (Wildman–Crippen MR) is 86.7 cm³/mol. The number of benzene rings is 2. The molecule has 4 nitrogen and oxygen atoms in total. The van der Waals surface area contributed by atoms with Crippen molar-refractivity contribution in [3.63, 3.8) is 0 Å². The average Bonchev–Trinajstić information content (AvgIpc) is 2.56. The van der Waals surface area contributed by atoms with Crippen molar-refractivity contribution < 1.29 is 9.53 Å². The zero-order chi connectivity index (χ0) is 15.4. The normalized spacial score (nSPS) is 16.5. The van der Waals surface area contributed by atoms with Crippen LogP contribution in [-0.2, 0) is 17.6 Å². The van der Waals surface area contributed by atoms with Crippen molar-refractivity contribution in [1.29, 1.82) is 0 Å². The number of nitrogens with one attached hydrogen (secondary N) is 1. The molecule has 1 aliphatic heterocycles. The Morgan fingerprint density at radius 3 is 2.77 bits per heavy atom. The number of amides is 1. The van der Waals surface area contributed by atoms with E-state index in [0.717, 1.165) is 29.8 Å². The number of nitrogens with two attached hydrogens (primary N) is 1. The second kappa shape index (κ2) is 6.52. The van der Waals surface area contributed by atoms with Crippen LogP contribution in [0.3, 0.4) is 0 Å². The number of rotatable bonds is 4. The number of carbonyl (C=O) groups excluding carboxylic acids is 1. The molecule has 1 atom stereocenters. The minimum atomic E-state index is -0.110. The van der Waals surface area contributed by atoms with Gasteiger partial charge in [-0.05, 0) is 42.2 Å². The van der Waals surface area contributed by atoms with Crippen molar-refractivity contribution in [1.82, 2.24) is 5.32 Å². The molecule has 0 spiro atoms. The van der Waals surface area contributed by atoms with Crippen molar-refractivity contribution in [2.24, 2.45) is 5.92 Å². The van der Waals surface area contributed by atoms with Crippen LogP contribution < -0.4 is 15.8 Å². The maximum atomic E-state index is 12.2. The summed E-state index contributed by atoms with van der Waals surface area (Å²) in [6.45, 7) is 1.08. The molecule has 3 rings (SSSR count). The quantitative estimate of drug-likeness (QED) is 0.850. The number of hydrogen-bond donors (Lipinski definition) is 2. The summed E-state index contributed by atoms with van der Waals surface area (Å²) in [5, 5.41) is 3.00. The molecule has 0 saturated heterocycles. The lowest BCUT2D eigenvalue weighted by Gasteiger charge is -2.24. The van der Waals surface area contributed by atoms with Gasteiger partial charge in [-0.1, -0.05) is 30.3 Å². The maximum absolute atomic E-state index is 12.2. The van der Waals surface area contributed by atoms with E-state index in [2.05, 4.69) is 5.32 Å². The van der Waals surface area contributed by atoms with Gasteiger partial charge >= 0.3 is 0 Å². The molecule has 0 fully saturated rings. The number of fused-ring (bicyclic) bond motifs is 1. The van der Waals surface area contributed by atoms with Crippen molar-refractivity contribution in [2.75, 3.05) is 18.9 Å². The molecule has 22 heavy (non-hydrogen) atoms. The Labute approximate surface area is 130 Å². The van der Waals surface area contributed by atoms with Crippen LogP contribution in [0.25, 0.3) is 0 Å². The molecular weight excluding hydrogens is 276 g/mol. The number of hydrogen-bond acceptors (Lipinski definition) is 3. The van der Waals surface area contributed by atoms with E-state index in [1.165, 1.54) is 5.56 Å². The molecule has 1 unspecified atom stereocenters. The third-order valence-corrected chi connectivity index (χ3v) is 3.94. The highest BCUT2D eigenvalue weighted by molar-refractivity contribution is 5.79. The first-order valence-electron chi connectivity index (χ1n) is 7.55. The summed E-state index contributed by atoms with van der Waals surface area (Å²) in [4.78, 5) is 12.2. The number of nitrogen functional groups attached to an aromatic ring is 1. The molecule has 1 aliphatic rings. The van der Waals surface area contributed by atoms with E-state index in [1.54, 1.807) is 0 Å². The molecule has 3 N–H and O–H groups in total. The van der Waals surface area contributed by atoms with Gasteiger partial charge in [0.05, 0.1) is 5.92 Å². The standard InChI is InChI=1S/C18H20N2O2/c19-16-7-5-13(6-8-16)9-10-20-18(21)15-11-14-3-1-2-4-17(14)22-12-15/h1-8,15H,9-12,19H2,(H,20,21). The Balaban J connectivity index is 1.50. The number of anilines is 1. The minimum absolute atomic E-state index is 0.0601. The van der Waals surface area contributed by atoms with Crippen molar-refractivity contribution >= 4 is 11.6 Å². The van der Waals surface area contributed by atoms with Gasteiger partial charge in [-0.25, -0.2) is 0 Å². The molecule has 0 aromatic heterocycles. The van der Waals surface area contributed by atoms with Crippen LogP contribution in [0.4, 0.5) is 5.69 Å². The molecular formula is C18H20N2O2. The van der Waals surface area contributed by atoms with Crippen LogP contribution >= 0.6 is 0 Å². The molecule has 0 radical (unpaired) electrons. The summed E-state index contributed by atoms with van der Waals surface area (Å²) in [5.74, 6) is 0.847. The first-order chi connectivity index (χ1) is 10.7. The highest BCUT2D eigenvalue weighted by atomic mass is 16.5. The summed E-state index contributed by atoms with van der Waals surface area (Å²) in [6, 6.07) is 15.6. The van der Waals surface area contributed by atoms with Gasteiger partial charge in [-0.2, -0.15) is 0 Å². The monoisotopic (exact) mass is 296 g/mol. The van der Waals surface area contributed by atoms with E-state index in [-0.39, 0.29) is 11.8 Å². The Morgan fingerprint density at radius 2 is 1.95 bits per heavy atom. The third kappa shape index (κ3) is 3.39. The largest absolute Gasteiger partial charge is 0.492 e. The van der Waals surface area contributed by atoms with Crippen molar-refractivity contribution in [2.45, 2.75) is 12.8 Å². The second-order valence-corrected chi connectivity index (χ2v) is 5.60. The number of carbonyl (C=O) groups is 1. The molecule has 0 saturated carbocycles. The molecule has 2 aromatic carbocycles. The van der Waals surface area contributed by atoms with Gasteiger partial charge in [0.2, 0.25) is 5.91 Å². The summed E-state index contributed by atoms with van der Waals surface area (Å²) in [5.41, 5.74) is 8.68. The summed E-state index contributed by atoms with van der Waals surface area (Å²) >= 11 is 0. The lowest BCUT2D eigenvalue weighted by atomic mass is 9.96. The van der Waals surface area contributed by atoms with E-state index in [4.69, 9.17) is 10.5 Å². The fourth-order valence-corrected chi connectivity index (χ4v) is 2.66. The van der Waals surface area contributed by atoms with Gasteiger partial charge in [0, 0.05) is 12.2 Å². The Bertz CT molecular complexity index is 652. The molecule has 4 heteroatoms. The third-order valence-electron chi connectivity index (χ3n) is 3.94. The maximum Gasteiger partial charge on any atom is 0.226 e. The minimum Gasteiger partial charge on any atom is -0.492 e. The van der Waals surface area contributed by atoms with E-state index in [0.29, 0.717) is 13.2 Å². The van der Waals surface area contributed by atoms with Gasteiger partial charge in [-0.15, -0.1) is 0 Å². The van der Waals surface area contributed by atoms with Crippen LogP contribution in [0, 0.1) is 5.92 Å². The fourth-order valence-electron chi connectivity index (χ4n) is 2.66. The Hall–Kier alpha value is -2.49. The molecule has 0 aliphatic carbocycles. The molecule has 1 heterocycles. The predicted octanol–water partition coefficient (Wildman–Crippen LogP) is 2.18. The van der Waals surface area contributed by atoms with Gasteiger partial charge in [0.25, 0.3) is 0 Å². The van der Waals surface area contributed by atoms with E-state index >= 15 is 0 Å². The number of para-hydroxylation sites is 1. The highest BCUT2D eigenvalue weighted by Crippen LogP contribution is 2.26. The lowest BCUT2D eigenvalue weighted by molar-refractivity contribution is -0.126. The first-order valence-corrected chi connectivity index (χ1v) is 7.55. The topological polar surface area (TPSA) is 64.3 Å². The van der Waals surface area contributed by atoms with E-state index in [1.807, 2.05) is 48.5 Å². The van der Waals surface area contributed by atoms with Crippen LogP contribution in [0.2, 0.25) is 0 Å². The molecule has 1 amide bonds. The van der Waals surface area contributed by atoms with Gasteiger partial charge in [0.1, 0.15) is 12.4 Å². The highest BCUT2D eigenvalue weighted by Gasteiger charge is 2.25. The van der Waals surface area contributed by atoms with Crippen LogP contribution in [0.5, 0.6) is 5.75 Å². The van der Waals surface area contributed by atoms with Crippen LogP contribution in [0.1, 0.15) is 11.1 Å². The molecule has 0 bridgehead atoms. The summed E-state index contributed by atoms with van der Waals surface area (Å²) in [6.07, 6.45) is 1.54. The number of ether oxygens (including phenoxy) is 1. The second-order valence-electron chi connectivity index (χ2n) is 5.60. The summed E-state index contributed by atoms with van der Waals surface area (Å²) in [7, 11) is 0. The zero-order valence-corrected chi connectivity index (χ0v) is 12.4. The van der Waals surface area contributed by atoms with Gasteiger partial charge in [0.15, 0.2) is 0 Å². The van der Waals surface area contributed by atoms with E-state index < -0.39 is 0 Å². The fraction of sp³-hybridized carbons (Fsp3) is 0.278. The average molecular weight is 296 g/mol. The first kappa shape index (κ1) is 14.4.